The quantitative estimate of drug-likeness (QED) is 0.0199. The van der Waals surface area contributed by atoms with Crippen LogP contribution in [0, 0.1) is 0 Å². The summed E-state index contributed by atoms with van der Waals surface area (Å²) in [5, 5.41) is 121. The maximum absolute atomic E-state index is 13.5. The van der Waals surface area contributed by atoms with Gasteiger partial charge in [-0.2, -0.15) is 0 Å². The number of carbonyl (C=O) groups excluding carboxylic acids is 1. The van der Waals surface area contributed by atoms with E-state index in [4.69, 9.17) is 28.4 Å². The van der Waals surface area contributed by atoms with Gasteiger partial charge in [0.2, 0.25) is 5.91 Å². The highest BCUT2D eigenvalue weighted by Gasteiger charge is 2.54. The molecule has 0 aromatic heterocycles. The average molecular weight is 1440 g/mol. The highest BCUT2D eigenvalue weighted by Crippen LogP contribution is 2.33. The standard InChI is InChI=1S/C82H153NO18/c1-3-5-7-9-11-13-15-17-19-21-23-25-27-28-29-30-31-32-33-34-35-36-38-39-41-43-45-47-49-51-53-55-57-59-66(87)65(83-70(88)60-58-56-54-52-50-48-46-44-42-40-37-26-24-22-20-18-16-14-12-10-8-6-4-2)64-96-80-76(94)73(91)78(68(62-85)98-80)101-82-77(95)74(92)79(69(63-86)99-82)100-81-75(93)72(90)71(89)67(61-84)97-81/h22,24,49,51,57,59,65-69,71-82,84-87,89-95H,3-21,23,25-48,50,52-56,58,60-64H2,1-2H3,(H,83,88)/b24-22-,51-49+,59-57+. The SMILES string of the molecule is CCCCCCCCCC/C=C\CCCCCCCCCCCCCC(=O)NC(COC1OC(CO)C(OC2OC(CO)C(OC3OC(CO)C(O)C(O)C3O)C(O)C2O)C(O)C1O)C(O)/C=C/CC/C=C/CCCCCCCCCCCCCCCCCCCCCCCCCCCCC. The third kappa shape index (κ3) is 43.0. The number of hydrogen-bond acceptors (Lipinski definition) is 18. The summed E-state index contributed by atoms with van der Waals surface area (Å²) in [6.07, 6.45) is 51.5. The second kappa shape index (κ2) is 63.0. The molecule has 3 heterocycles. The van der Waals surface area contributed by atoms with Gasteiger partial charge in [0.15, 0.2) is 18.9 Å². The van der Waals surface area contributed by atoms with Gasteiger partial charge in [-0.15, -0.1) is 0 Å². The summed E-state index contributed by atoms with van der Waals surface area (Å²) in [5.74, 6) is -0.281. The lowest BCUT2D eigenvalue weighted by atomic mass is 9.96. The van der Waals surface area contributed by atoms with E-state index < -0.39 is 124 Å². The highest BCUT2D eigenvalue weighted by atomic mass is 16.8. The largest absolute Gasteiger partial charge is 0.394 e. The third-order valence-electron chi connectivity index (χ3n) is 20.9. The summed E-state index contributed by atoms with van der Waals surface area (Å²) in [7, 11) is 0. The molecule has 3 rings (SSSR count). The van der Waals surface area contributed by atoms with Gasteiger partial charge < -0.3 is 89.9 Å². The van der Waals surface area contributed by atoms with Crippen LogP contribution in [0.1, 0.15) is 348 Å². The van der Waals surface area contributed by atoms with Crippen molar-refractivity contribution in [2.45, 2.75) is 452 Å². The molecular formula is C82H153NO18. The number of carbonyl (C=O) groups is 1. The molecule has 0 radical (unpaired) electrons. The number of rotatable bonds is 67. The van der Waals surface area contributed by atoms with Crippen molar-refractivity contribution in [3.8, 4) is 0 Å². The van der Waals surface area contributed by atoms with Crippen molar-refractivity contribution in [1.29, 1.82) is 0 Å². The summed E-state index contributed by atoms with van der Waals surface area (Å²) < 4.78 is 34.5. The summed E-state index contributed by atoms with van der Waals surface area (Å²) in [6.45, 7) is 1.77. The van der Waals surface area contributed by atoms with E-state index in [1.54, 1.807) is 6.08 Å². The van der Waals surface area contributed by atoms with Crippen molar-refractivity contribution in [2.24, 2.45) is 0 Å². The summed E-state index contributed by atoms with van der Waals surface area (Å²) in [4.78, 5) is 13.5. The molecular weight excluding hydrogens is 1290 g/mol. The molecule has 0 aromatic rings. The second-order valence-corrected chi connectivity index (χ2v) is 29.9. The van der Waals surface area contributed by atoms with Crippen LogP contribution in [0.5, 0.6) is 0 Å². The minimum atomic E-state index is -1.98. The number of nitrogens with one attached hydrogen (secondary N) is 1. The Morgan fingerprint density at radius 3 is 0.990 bits per heavy atom. The van der Waals surface area contributed by atoms with Crippen molar-refractivity contribution >= 4 is 5.91 Å². The summed E-state index contributed by atoms with van der Waals surface area (Å²) in [6, 6.07) is -0.992. The second-order valence-electron chi connectivity index (χ2n) is 29.9. The van der Waals surface area contributed by atoms with Gasteiger partial charge in [-0.25, -0.2) is 0 Å². The first-order chi connectivity index (χ1) is 49.3. The summed E-state index contributed by atoms with van der Waals surface area (Å²) in [5.41, 5.74) is 0. The number of aliphatic hydroxyl groups is 11. The lowest BCUT2D eigenvalue weighted by Crippen LogP contribution is -2.66. The van der Waals surface area contributed by atoms with Crippen LogP contribution in [-0.2, 0) is 33.2 Å². The molecule has 1 amide bonds. The summed E-state index contributed by atoms with van der Waals surface area (Å²) >= 11 is 0. The van der Waals surface area contributed by atoms with Crippen molar-refractivity contribution in [1.82, 2.24) is 5.32 Å². The minimum absolute atomic E-state index is 0.236. The van der Waals surface area contributed by atoms with E-state index in [0.29, 0.717) is 12.8 Å². The van der Waals surface area contributed by atoms with E-state index in [1.165, 1.54) is 276 Å². The molecule has 19 nitrogen and oxygen atoms in total. The van der Waals surface area contributed by atoms with E-state index in [0.717, 1.165) is 38.5 Å². The first kappa shape index (κ1) is 93.2. The van der Waals surface area contributed by atoms with Crippen molar-refractivity contribution < 1.29 is 89.4 Å². The smallest absolute Gasteiger partial charge is 0.220 e. The molecule has 0 saturated carbocycles. The van der Waals surface area contributed by atoms with Gasteiger partial charge in [0.25, 0.3) is 0 Å². The van der Waals surface area contributed by atoms with E-state index in [9.17, 15) is 61.0 Å². The fraction of sp³-hybridized carbons (Fsp3) is 0.915. The van der Waals surface area contributed by atoms with E-state index >= 15 is 0 Å². The predicted molar refractivity (Wildman–Crippen MR) is 402 cm³/mol. The molecule has 17 unspecified atom stereocenters. The van der Waals surface area contributed by atoms with Gasteiger partial charge in [0.1, 0.15) is 73.2 Å². The topological polar surface area (TPSA) is 307 Å². The Morgan fingerprint density at radius 1 is 0.347 bits per heavy atom. The van der Waals surface area contributed by atoms with Gasteiger partial charge in [-0.1, -0.05) is 320 Å². The Morgan fingerprint density at radius 2 is 0.634 bits per heavy atom. The van der Waals surface area contributed by atoms with Crippen molar-refractivity contribution in [3.63, 3.8) is 0 Å². The Hall–Kier alpha value is -1.99. The first-order valence-electron chi connectivity index (χ1n) is 41.7. The van der Waals surface area contributed by atoms with Crippen molar-refractivity contribution in [2.75, 3.05) is 26.4 Å². The Balaban J connectivity index is 1.37. The molecule has 101 heavy (non-hydrogen) atoms. The van der Waals surface area contributed by atoms with Crippen LogP contribution >= 0.6 is 0 Å². The van der Waals surface area contributed by atoms with Gasteiger partial charge in [-0.05, 0) is 57.8 Å². The highest BCUT2D eigenvalue weighted by molar-refractivity contribution is 5.76. The third-order valence-corrected chi connectivity index (χ3v) is 20.9. The van der Waals surface area contributed by atoms with Crippen LogP contribution in [0.25, 0.3) is 0 Å². The monoisotopic (exact) mass is 1440 g/mol. The molecule has 0 aromatic carbocycles. The number of ether oxygens (including phenoxy) is 6. The Labute approximate surface area is 612 Å². The van der Waals surface area contributed by atoms with Crippen LogP contribution < -0.4 is 5.32 Å². The normalized spacial score (nSPS) is 26.4. The first-order valence-corrected chi connectivity index (χ1v) is 41.7. The molecule has 3 aliphatic heterocycles. The van der Waals surface area contributed by atoms with E-state index in [-0.39, 0.29) is 18.9 Å². The predicted octanol–water partition coefficient (Wildman–Crippen LogP) is 14.3. The zero-order chi connectivity index (χ0) is 73.2. The van der Waals surface area contributed by atoms with E-state index in [1.807, 2.05) is 6.08 Å². The number of amides is 1. The van der Waals surface area contributed by atoms with Gasteiger partial charge in [-0.3, -0.25) is 4.79 Å². The molecule has 0 spiro atoms. The maximum atomic E-state index is 13.5. The fourth-order valence-corrected chi connectivity index (χ4v) is 14.2. The molecule has 0 aliphatic carbocycles. The Kier molecular flexibility index (Phi) is 58.1. The van der Waals surface area contributed by atoms with Gasteiger partial charge in [0.05, 0.1) is 38.6 Å². The van der Waals surface area contributed by atoms with Gasteiger partial charge in [0, 0.05) is 6.42 Å². The Bertz CT molecular complexity index is 1960. The molecule has 3 aliphatic rings. The number of aliphatic hydroxyl groups excluding tert-OH is 11. The van der Waals surface area contributed by atoms with Crippen LogP contribution in [0.4, 0.5) is 0 Å². The molecule has 3 fully saturated rings. The number of hydrogen-bond donors (Lipinski definition) is 12. The minimum Gasteiger partial charge on any atom is -0.394 e. The van der Waals surface area contributed by atoms with Crippen LogP contribution in [0.2, 0.25) is 0 Å². The van der Waals surface area contributed by atoms with E-state index in [2.05, 4.69) is 43.5 Å². The number of unbranched alkanes of at least 4 members (excludes halogenated alkanes) is 47. The van der Waals surface area contributed by atoms with Crippen LogP contribution in [-0.4, -0.2) is 193 Å². The molecule has 17 atom stereocenters. The van der Waals surface area contributed by atoms with Crippen molar-refractivity contribution in [3.05, 3.63) is 36.5 Å². The zero-order valence-corrected chi connectivity index (χ0v) is 63.7. The lowest BCUT2D eigenvalue weighted by Gasteiger charge is -2.48. The number of allylic oxidation sites excluding steroid dienone is 5. The van der Waals surface area contributed by atoms with Gasteiger partial charge >= 0.3 is 0 Å². The lowest BCUT2D eigenvalue weighted by molar-refractivity contribution is -0.379. The maximum Gasteiger partial charge on any atom is 0.220 e. The molecule has 19 heteroatoms. The molecule has 12 N–H and O–H groups in total. The van der Waals surface area contributed by atoms with Crippen LogP contribution in [0.15, 0.2) is 36.5 Å². The molecule has 594 valence electrons. The molecule has 0 bridgehead atoms. The fourth-order valence-electron chi connectivity index (χ4n) is 14.2. The average Bonchev–Trinajstić information content (AvgIpc) is 0.782. The molecule has 3 saturated heterocycles. The van der Waals surface area contributed by atoms with Crippen LogP contribution in [0.3, 0.4) is 0 Å². The zero-order valence-electron chi connectivity index (χ0n) is 63.7.